The van der Waals surface area contributed by atoms with Crippen molar-refractivity contribution in [2.45, 2.75) is 33.7 Å². The van der Waals surface area contributed by atoms with E-state index in [1.807, 2.05) is 13.8 Å². The molecule has 0 aliphatic carbocycles. The first kappa shape index (κ1) is 11.1. The number of anilines is 1. The average molecular weight is 237 g/mol. The topological polar surface area (TPSA) is 69.6 Å². The lowest BCUT2D eigenvalue weighted by Gasteiger charge is -2.06. The van der Waals surface area contributed by atoms with Crippen LogP contribution in [0.1, 0.15) is 24.9 Å². The lowest BCUT2D eigenvalue weighted by atomic mass is 10.2. The molecule has 0 atom stereocenters. The zero-order valence-corrected chi connectivity index (χ0v) is 10.5. The number of aromatic nitrogens is 4. The zero-order valence-electron chi connectivity index (χ0n) is 9.69. The molecule has 86 valence electrons. The number of hydrogen-bond donors (Lipinski definition) is 1. The molecule has 2 N–H and O–H groups in total. The maximum Gasteiger partial charge on any atom is 0.168 e. The molecule has 6 heteroatoms. The van der Waals surface area contributed by atoms with Crippen LogP contribution in [0.5, 0.6) is 0 Å². The number of rotatable bonds is 3. The second kappa shape index (κ2) is 4.21. The smallest absolute Gasteiger partial charge is 0.168 e. The van der Waals surface area contributed by atoms with Gasteiger partial charge in [0.25, 0.3) is 0 Å². The van der Waals surface area contributed by atoms with Crippen LogP contribution < -0.4 is 5.73 Å². The average Bonchev–Trinajstić information content (AvgIpc) is 2.74. The van der Waals surface area contributed by atoms with Gasteiger partial charge in [0, 0.05) is 6.54 Å². The summed E-state index contributed by atoms with van der Waals surface area (Å²) in [6.45, 7) is 6.94. The molecule has 0 saturated heterocycles. The van der Waals surface area contributed by atoms with Crippen molar-refractivity contribution < 1.29 is 0 Å². The second-order valence-electron chi connectivity index (χ2n) is 3.73. The van der Waals surface area contributed by atoms with Gasteiger partial charge in [0.1, 0.15) is 10.8 Å². The van der Waals surface area contributed by atoms with E-state index in [1.165, 1.54) is 11.5 Å². The van der Waals surface area contributed by atoms with E-state index in [0.717, 1.165) is 35.9 Å². The first-order valence-electron chi connectivity index (χ1n) is 5.27. The van der Waals surface area contributed by atoms with Crippen LogP contribution in [-0.4, -0.2) is 19.1 Å². The molecule has 0 unspecified atom stereocenters. The van der Waals surface area contributed by atoms with Crippen LogP contribution in [0.2, 0.25) is 0 Å². The fourth-order valence-corrected chi connectivity index (χ4v) is 2.37. The number of nitrogens with two attached hydrogens (primary N) is 1. The van der Waals surface area contributed by atoms with Crippen molar-refractivity contribution in [3.63, 3.8) is 0 Å². The van der Waals surface area contributed by atoms with Gasteiger partial charge in [0.15, 0.2) is 5.82 Å². The van der Waals surface area contributed by atoms with Gasteiger partial charge in [-0.15, -0.1) is 10.2 Å². The summed E-state index contributed by atoms with van der Waals surface area (Å²) in [6, 6.07) is 0. The molecule has 0 aliphatic rings. The SMILES string of the molecule is CCCn1c(C)nnc1-c1c(C)nsc1N. The summed E-state index contributed by atoms with van der Waals surface area (Å²) in [6.07, 6.45) is 1.04. The highest BCUT2D eigenvalue weighted by Crippen LogP contribution is 2.31. The molecule has 2 aromatic heterocycles. The van der Waals surface area contributed by atoms with Gasteiger partial charge in [0.05, 0.1) is 11.3 Å². The van der Waals surface area contributed by atoms with E-state index in [9.17, 15) is 0 Å². The van der Waals surface area contributed by atoms with E-state index in [-0.39, 0.29) is 0 Å². The summed E-state index contributed by atoms with van der Waals surface area (Å²) in [7, 11) is 0. The van der Waals surface area contributed by atoms with Crippen molar-refractivity contribution in [1.29, 1.82) is 0 Å². The Hall–Kier alpha value is -1.43. The highest BCUT2D eigenvalue weighted by molar-refractivity contribution is 7.10. The predicted molar refractivity (Wildman–Crippen MR) is 65.3 cm³/mol. The minimum Gasteiger partial charge on any atom is -0.389 e. The zero-order chi connectivity index (χ0) is 11.7. The van der Waals surface area contributed by atoms with Gasteiger partial charge in [-0.3, -0.25) is 0 Å². The fraction of sp³-hybridized carbons (Fsp3) is 0.500. The molecule has 5 nitrogen and oxygen atoms in total. The molecule has 2 aromatic rings. The molecule has 0 radical (unpaired) electrons. The van der Waals surface area contributed by atoms with Crippen molar-refractivity contribution >= 4 is 16.5 Å². The van der Waals surface area contributed by atoms with Crippen molar-refractivity contribution in [2.24, 2.45) is 0 Å². The molecule has 16 heavy (non-hydrogen) atoms. The van der Waals surface area contributed by atoms with Gasteiger partial charge in [0.2, 0.25) is 0 Å². The Morgan fingerprint density at radius 1 is 1.31 bits per heavy atom. The minimum absolute atomic E-state index is 0.710. The van der Waals surface area contributed by atoms with E-state index in [4.69, 9.17) is 5.73 Å². The summed E-state index contributed by atoms with van der Waals surface area (Å²) in [5.74, 6) is 1.75. The van der Waals surface area contributed by atoms with E-state index < -0.39 is 0 Å². The van der Waals surface area contributed by atoms with Gasteiger partial charge in [-0.1, -0.05) is 6.92 Å². The van der Waals surface area contributed by atoms with Crippen LogP contribution >= 0.6 is 11.5 Å². The van der Waals surface area contributed by atoms with Crippen LogP contribution in [0, 0.1) is 13.8 Å². The highest BCUT2D eigenvalue weighted by Gasteiger charge is 2.17. The van der Waals surface area contributed by atoms with E-state index in [2.05, 4.69) is 26.1 Å². The summed E-state index contributed by atoms with van der Waals surface area (Å²) in [5, 5.41) is 9.02. The molecule has 0 spiro atoms. The summed E-state index contributed by atoms with van der Waals surface area (Å²) < 4.78 is 6.33. The van der Waals surface area contributed by atoms with Gasteiger partial charge in [-0.25, -0.2) is 0 Å². The number of aryl methyl sites for hydroxylation is 2. The van der Waals surface area contributed by atoms with Crippen molar-refractivity contribution in [2.75, 3.05) is 5.73 Å². The summed E-state index contributed by atoms with van der Waals surface area (Å²) in [4.78, 5) is 0. The third-order valence-electron chi connectivity index (χ3n) is 2.50. The molecule has 2 heterocycles. The Morgan fingerprint density at radius 3 is 2.62 bits per heavy atom. The van der Waals surface area contributed by atoms with Gasteiger partial charge >= 0.3 is 0 Å². The standard InChI is InChI=1S/C10H15N5S/c1-4-5-15-7(3)12-13-10(15)8-6(2)14-16-9(8)11/h4-5,11H2,1-3H3. The molecule has 0 fully saturated rings. The molecular formula is C10H15N5S. The van der Waals surface area contributed by atoms with Crippen LogP contribution in [0.15, 0.2) is 0 Å². The Kier molecular flexibility index (Phi) is 2.91. The van der Waals surface area contributed by atoms with Crippen LogP contribution in [0.25, 0.3) is 11.4 Å². The quantitative estimate of drug-likeness (QED) is 0.886. The van der Waals surface area contributed by atoms with Crippen LogP contribution in [-0.2, 0) is 6.54 Å². The largest absolute Gasteiger partial charge is 0.389 e. The first-order valence-corrected chi connectivity index (χ1v) is 6.04. The Labute approximate surface area is 98.5 Å². The molecule has 0 amide bonds. The normalized spacial score (nSPS) is 10.9. The Morgan fingerprint density at radius 2 is 2.06 bits per heavy atom. The molecule has 0 bridgehead atoms. The molecular weight excluding hydrogens is 222 g/mol. The maximum atomic E-state index is 5.92. The molecule has 0 aliphatic heterocycles. The van der Waals surface area contributed by atoms with Gasteiger partial charge < -0.3 is 10.3 Å². The predicted octanol–water partition coefficient (Wildman–Crippen LogP) is 2.01. The molecule has 0 aromatic carbocycles. The third kappa shape index (κ3) is 1.69. The van der Waals surface area contributed by atoms with Gasteiger partial charge in [-0.2, -0.15) is 4.37 Å². The summed E-state index contributed by atoms with van der Waals surface area (Å²) in [5.41, 5.74) is 7.78. The van der Waals surface area contributed by atoms with E-state index in [1.54, 1.807) is 0 Å². The van der Waals surface area contributed by atoms with E-state index >= 15 is 0 Å². The fourth-order valence-electron chi connectivity index (χ4n) is 1.72. The number of hydrogen-bond acceptors (Lipinski definition) is 5. The lowest BCUT2D eigenvalue weighted by Crippen LogP contribution is -2.03. The Balaban J connectivity index is 2.56. The lowest BCUT2D eigenvalue weighted by molar-refractivity contribution is 0.663. The number of nitrogen functional groups attached to an aromatic ring is 1. The summed E-state index contributed by atoms with van der Waals surface area (Å²) >= 11 is 1.31. The van der Waals surface area contributed by atoms with Crippen molar-refractivity contribution in [3.8, 4) is 11.4 Å². The first-order chi connectivity index (χ1) is 7.65. The highest BCUT2D eigenvalue weighted by atomic mass is 32.1. The van der Waals surface area contributed by atoms with Crippen LogP contribution in [0.4, 0.5) is 5.00 Å². The number of nitrogens with zero attached hydrogens (tertiary/aromatic N) is 4. The molecule has 2 rings (SSSR count). The second-order valence-corrected chi connectivity index (χ2v) is 4.53. The van der Waals surface area contributed by atoms with Crippen molar-refractivity contribution in [3.05, 3.63) is 11.5 Å². The maximum absolute atomic E-state index is 5.92. The monoisotopic (exact) mass is 237 g/mol. The van der Waals surface area contributed by atoms with Gasteiger partial charge in [-0.05, 0) is 31.8 Å². The Bertz CT molecular complexity index is 480. The molecule has 0 saturated carbocycles. The van der Waals surface area contributed by atoms with Crippen molar-refractivity contribution in [1.82, 2.24) is 19.1 Å². The van der Waals surface area contributed by atoms with Crippen LogP contribution in [0.3, 0.4) is 0 Å². The third-order valence-corrected chi connectivity index (χ3v) is 3.26. The minimum atomic E-state index is 0.710. The van der Waals surface area contributed by atoms with E-state index in [0.29, 0.717) is 5.00 Å².